The van der Waals surface area contributed by atoms with Gasteiger partial charge in [-0.2, -0.15) is 0 Å². The van der Waals surface area contributed by atoms with E-state index in [9.17, 15) is 18.4 Å². The zero-order valence-electron chi connectivity index (χ0n) is 13.0. The van der Waals surface area contributed by atoms with Gasteiger partial charge in [-0.05, 0) is 18.6 Å². The average molecular weight is 335 g/mol. The molecule has 1 aliphatic heterocycles. The zero-order valence-corrected chi connectivity index (χ0v) is 13.0. The summed E-state index contributed by atoms with van der Waals surface area (Å²) in [6.45, 7) is 1.84. The fourth-order valence-corrected chi connectivity index (χ4v) is 2.65. The number of carbonyl (C=O) groups excluding carboxylic acids is 2. The number of alkyl halides is 2. The third kappa shape index (κ3) is 2.61. The first kappa shape index (κ1) is 16.0. The molecule has 2 amide bonds. The molecule has 0 bridgehead atoms. The van der Waals surface area contributed by atoms with Crippen LogP contribution in [0, 0.1) is 0 Å². The van der Waals surface area contributed by atoms with Crippen LogP contribution >= 0.6 is 0 Å². The summed E-state index contributed by atoms with van der Waals surface area (Å²) in [5.74, 6) is -1.16. The number of hydrogen-bond acceptors (Lipinski definition) is 4. The smallest absolute Gasteiger partial charge is 0.283 e. The van der Waals surface area contributed by atoms with Crippen LogP contribution in [-0.2, 0) is 18.4 Å². The van der Waals surface area contributed by atoms with Crippen molar-refractivity contribution >= 4 is 17.6 Å². The average Bonchev–Trinajstić information content (AvgIpc) is 3.07. The van der Waals surface area contributed by atoms with Gasteiger partial charge in [0.05, 0.1) is 0 Å². The van der Waals surface area contributed by atoms with E-state index in [1.54, 1.807) is 12.1 Å². The number of amides is 2. The second-order valence-electron chi connectivity index (χ2n) is 5.50. The Balaban J connectivity index is 1.76. The molecule has 1 aromatic heterocycles. The van der Waals surface area contributed by atoms with Gasteiger partial charge in [-0.1, -0.05) is 23.4 Å². The third-order valence-corrected chi connectivity index (χ3v) is 4.01. The Kier molecular flexibility index (Phi) is 4.00. The molecule has 0 radical (unpaired) electrons. The maximum absolute atomic E-state index is 13.0. The van der Waals surface area contributed by atoms with Crippen molar-refractivity contribution in [3.63, 3.8) is 0 Å². The van der Waals surface area contributed by atoms with Gasteiger partial charge in [0.15, 0.2) is 5.82 Å². The summed E-state index contributed by atoms with van der Waals surface area (Å²) in [6.07, 6.45) is -2.83. The number of halogens is 2. The fraction of sp³-hybridized carbons (Fsp3) is 0.333. The second kappa shape index (κ2) is 5.99. The highest BCUT2D eigenvalue weighted by Gasteiger charge is 2.34. The molecule has 3 rings (SSSR count). The van der Waals surface area contributed by atoms with Crippen LogP contribution in [-0.4, -0.2) is 37.7 Å². The lowest BCUT2D eigenvalue weighted by Gasteiger charge is -2.23. The fourth-order valence-electron chi connectivity index (χ4n) is 2.65. The molecule has 1 aromatic carbocycles. The van der Waals surface area contributed by atoms with Gasteiger partial charge in [-0.3, -0.25) is 9.59 Å². The van der Waals surface area contributed by atoms with E-state index >= 15 is 0 Å². The number of carbonyl (C=O) groups is 2. The van der Waals surface area contributed by atoms with Gasteiger partial charge in [-0.25, -0.2) is 13.5 Å². The molecule has 1 atom stereocenters. The molecule has 24 heavy (non-hydrogen) atoms. The lowest BCUT2D eigenvalue weighted by Crippen LogP contribution is -2.42. The Morgan fingerprint density at radius 2 is 2.04 bits per heavy atom. The Morgan fingerprint density at radius 1 is 1.33 bits per heavy atom. The Labute approximate surface area is 136 Å². The van der Waals surface area contributed by atoms with Crippen molar-refractivity contribution in [1.82, 2.24) is 19.9 Å². The molecule has 1 N–H and O–H groups in total. The number of hydrogen-bond donors (Lipinski definition) is 1. The van der Waals surface area contributed by atoms with E-state index in [0.717, 1.165) is 10.2 Å². The molecule has 0 aliphatic carbocycles. The molecular weight excluding hydrogens is 320 g/mol. The standard InChI is InChI=1S/C15H15F2N5O2/c1-8(22-7-9-5-3-4-6-10(9)15(22)24)14(23)18-13-11(12(16)17)21(2)20-19-13/h3-6,8,12H,7H2,1-2H3,(H,18,23)/t8-/m1/s1. The first-order chi connectivity index (χ1) is 11.4. The van der Waals surface area contributed by atoms with Crippen molar-refractivity contribution in [3.8, 4) is 0 Å². The van der Waals surface area contributed by atoms with Crippen molar-refractivity contribution in [3.05, 3.63) is 41.1 Å². The molecule has 1 aliphatic rings. The van der Waals surface area contributed by atoms with Crippen LogP contribution in [0.2, 0.25) is 0 Å². The van der Waals surface area contributed by atoms with Crippen LogP contribution in [0.1, 0.15) is 35.0 Å². The van der Waals surface area contributed by atoms with Crippen molar-refractivity contribution in [2.75, 3.05) is 5.32 Å². The molecule has 9 heteroatoms. The predicted octanol–water partition coefficient (Wildman–Crippen LogP) is 1.74. The van der Waals surface area contributed by atoms with Gasteiger partial charge in [0, 0.05) is 19.2 Å². The number of nitrogens with one attached hydrogen (secondary N) is 1. The molecule has 7 nitrogen and oxygen atoms in total. The number of nitrogens with zero attached hydrogens (tertiary/aromatic N) is 4. The Morgan fingerprint density at radius 3 is 2.71 bits per heavy atom. The normalized spacial score (nSPS) is 14.9. The van der Waals surface area contributed by atoms with Crippen molar-refractivity contribution < 1.29 is 18.4 Å². The van der Waals surface area contributed by atoms with Gasteiger partial charge in [0.25, 0.3) is 12.3 Å². The highest BCUT2D eigenvalue weighted by atomic mass is 19.3. The molecule has 0 spiro atoms. The summed E-state index contributed by atoms with van der Waals surface area (Å²) in [4.78, 5) is 26.1. The first-order valence-electron chi connectivity index (χ1n) is 7.27. The number of aromatic nitrogens is 3. The van der Waals surface area contributed by atoms with E-state index in [4.69, 9.17) is 0 Å². The van der Waals surface area contributed by atoms with Crippen LogP contribution < -0.4 is 5.32 Å². The molecule has 0 fully saturated rings. The van der Waals surface area contributed by atoms with Crippen molar-refractivity contribution in [1.29, 1.82) is 0 Å². The summed E-state index contributed by atoms with van der Waals surface area (Å²) >= 11 is 0. The molecular formula is C15H15F2N5O2. The van der Waals surface area contributed by atoms with Gasteiger partial charge in [0.2, 0.25) is 5.91 Å². The van der Waals surface area contributed by atoms with Crippen molar-refractivity contribution in [2.24, 2.45) is 7.05 Å². The molecule has 126 valence electrons. The first-order valence-corrected chi connectivity index (χ1v) is 7.27. The lowest BCUT2D eigenvalue weighted by atomic mass is 10.1. The van der Waals surface area contributed by atoms with Crippen LogP contribution in [0.15, 0.2) is 24.3 Å². The van der Waals surface area contributed by atoms with Crippen LogP contribution in [0.4, 0.5) is 14.6 Å². The van der Waals surface area contributed by atoms with E-state index in [1.165, 1.54) is 18.9 Å². The minimum absolute atomic E-state index is 0.263. The molecule has 0 saturated carbocycles. The summed E-state index contributed by atoms with van der Waals surface area (Å²) in [5.41, 5.74) is 0.895. The van der Waals surface area contributed by atoms with Crippen LogP contribution in [0.5, 0.6) is 0 Å². The van der Waals surface area contributed by atoms with E-state index in [-0.39, 0.29) is 11.7 Å². The Hall–Kier alpha value is -2.84. The van der Waals surface area contributed by atoms with Crippen LogP contribution in [0.3, 0.4) is 0 Å². The summed E-state index contributed by atoms with van der Waals surface area (Å²) in [6, 6.07) is 6.24. The zero-order chi connectivity index (χ0) is 17.4. The van der Waals surface area contributed by atoms with Crippen LogP contribution in [0.25, 0.3) is 0 Å². The minimum atomic E-state index is -2.83. The largest absolute Gasteiger partial charge is 0.323 e. The van der Waals surface area contributed by atoms with Gasteiger partial charge < -0.3 is 10.2 Å². The SMILES string of the molecule is C[C@H](C(=O)Nc1nnn(C)c1C(F)F)N1Cc2ccccc2C1=O. The third-order valence-electron chi connectivity index (χ3n) is 4.01. The molecule has 2 heterocycles. The number of rotatable bonds is 4. The van der Waals surface area contributed by atoms with E-state index < -0.39 is 24.1 Å². The van der Waals surface area contributed by atoms with Gasteiger partial charge >= 0.3 is 0 Å². The predicted molar refractivity (Wildman–Crippen MR) is 80.4 cm³/mol. The second-order valence-corrected chi connectivity index (χ2v) is 5.50. The maximum Gasteiger partial charge on any atom is 0.283 e. The van der Waals surface area contributed by atoms with Gasteiger partial charge in [-0.15, -0.1) is 5.10 Å². The number of fused-ring (bicyclic) bond motifs is 1. The highest BCUT2D eigenvalue weighted by Crippen LogP contribution is 2.26. The highest BCUT2D eigenvalue weighted by molar-refractivity contribution is 6.03. The van der Waals surface area contributed by atoms with E-state index in [0.29, 0.717) is 12.1 Å². The Bertz CT molecular complexity index is 805. The van der Waals surface area contributed by atoms with E-state index in [1.807, 2.05) is 12.1 Å². The number of anilines is 1. The van der Waals surface area contributed by atoms with E-state index in [2.05, 4.69) is 15.6 Å². The number of benzene rings is 1. The minimum Gasteiger partial charge on any atom is -0.323 e. The topological polar surface area (TPSA) is 80.1 Å². The lowest BCUT2D eigenvalue weighted by molar-refractivity contribution is -0.120. The maximum atomic E-state index is 13.0. The monoisotopic (exact) mass is 335 g/mol. The molecule has 2 aromatic rings. The van der Waals surface area contributed by atoms with Crippen molar-refractivity contribution in [2.45, 2.75) is 25.9 Å². The number of aryl methyl sites for hydroxylation is 1. The summed E-state index contributed by atoms with van der Waals surface area (Å²) in [7, 11) is 1.31. The summed E-state index contributed by atoms with van der Waals surface area (Å²) < 4.78 is 26.9. The quantitative estimate of drug-likeness (QED) is 0.923. The molecule has 0 unspecified atom stereocenters. The molecule has 0 saturated heterocycles. The summed E-state index contributed by atoms with van der Waals surface area (Å²) in [5, 5.41) is 9.36. The van der Waals surface area contributed by atoms with Gasteiger partial charge in [0.1, 0.15) is 11.7 Å².